The van der Waals surface area contributed by atoms with Gasteiger partial charge < -0.3 is 4.74 Å². The maximum Gasteiger partial charge on any atom is 0.222 e. The lowest BCUT2D eigenvalue weighted by molar-refractivity contribution is 0.112. The molecule has 0 amide bonds. The number of aromatic nitrogens is 2. The highest BCUT2D eigenvalue weighted by molar-refractivity contribution is 7.13. The molecule has 4 rings (SSSR count). The first kappa shape index (κ1) is 15.5. The van der Waals surface area contributed by atoms with Crippen molar-refractivity contribution in [2.24, 2.45) is 0 Å². The molecular weight excluding hydrogens is 332 g/mol. The third-order valence-corrected chi connectivity index (χ3v) is 4.91. The van der Waals surface area contributed by atoms with Crippen molar-refractivity contribution in [1.29, 1.82) is 0 Å². The van der Waals surface area contributed by atoms with Crippen LogP contribution in [0.1, 0.15) is 10.4 Å². The number of fused-ring (bicyclic) bond motifs is 1. The van der Waals surface area contributed by atoms with Crippen LogP contribution < -0.4 is 4.74 Å². The third-order valence-electron chi connectivity index (χ3n) is 4.01. The van der Waals surface area contributed by atoms with Crippen LogP contribution in [0.3, 0.4) is 0 Å². The number of nitrogens with zero attached hydrogens (tertiary/aromatic N) is 2. The second-order valence-corrected chi connectivity index (χ2v) is 6.44. The highest BCUT2D eigenvalue weighted by Gasteiger charge is 2.14. The molecule has 0 spiro atoms. The second-order valence-electron chi connectivity index (χ2n) is 5.49. The largest absolute Gasteiger partial charge is 0.481 e. The van der Waals surface area contributed by atoms with Crippen LogP contribution in [0, 0.1) is 0 Å². The van der Waals surface area contributed by atoms with Gasteiger partial charge in [-0.2, -0.15) is 0 Å². The number of thiophene rings is 1. The molecule has 0 aliphatic rings. The number of pyridine rings is 2. The number of benzene rings is 1. The first-order valence-electron chi connectivity index (χ1n) is 7.73. The van der Waals surface area contributed by atoms with Crippen LogP contribution in [0.5, 0.6) is 5.88 Å². The predicted molar refractivity (Wildman–Crippen MR) is 100 cm³/mol. The standard InChI is InChI=1S/C20H14N2O2S/c1-24-20-15-11-16(18-3-2-10-25-18)19(22-17(15)8-9-21-20)14-6-4-13(12-23)5-7-14/h2-12H,1H3. The van der Waals surface area contributed by atoms with E-state index in [-0.39, 0.29) is 0 Å². The molecule has 0 bridgehead atoms. The average molecular weight is 346 g/mol. The van der Waals surface area contributed by atoms with Gasteiger partial charge in [0.05, 0.1) is 23.7 Å². The number of rotatable bonds is 4. The Balaban J connectivity index is 2.00. The summed E-state index contributed by atoms with van der Waals surface area (Å²) in [4.78, 5) is 21.2. The van der Waals surface area contributed by atoms with Crippen LogP contribution in [0.2, 0.25) is 0 Å². The second kappa shape index (κ2) is 6.45. The van der Waals surface area contributed by atoms with E-state index in [4.69, 9.17) is 9.72 Å². The Morgan fingerprint density at radius 3 is 2.64 bits per heavy atom. The van der Waals surface area contributed by atoms with Gasteiger partial charge in [-0.25, -0.2) is 9.97 Å². The van der Waals surface area contributed by atoms with Crippen molar-refractivity contribution >= 4 is 28.5 Å². The van der Waals surface area contributed by atoms with E-state index >= 15 is 0 Å². The van der Waals surface area contributed by atoms with E-state index in [1.165, 1.54) is 0 Å². The minimum Gasteiger partial charge on any atom is -0.481 e. The maximum atomic E-state index is 10.9. The zero-order chi connectivity index (χ0) is 17.2. The summed E-state index contributed by atoms with van der Waals surface area (Å²) in [6.45, 7) is 0. The monoisotopic (exact) mass is 346 g/mol. The quantitative estimate of drug-likeness (QED) is 0.496. The smallest absolute Gasteiger partial charge is 0.222 e. The third kappa shape index (κ3) is 2.79. The van der Waals surface area contributed by atoms with E-state index in [2.05, 4.69) is 17.1 Å². The molecule has 0 N–H and O–H groups in total. The molecule has 0 aliphatic carbocycles. The van der Waals surface area contributed by atoms with Crippen LogP contribution >= 0.6 is 11.3 Å². The first-order chi connectivity index (χ1) is 12.3. The van der Waals surface area contributed by atoms with Crippen molar-refractivity contribution in [1.82, 2.24) is 9.97 Å². The van der Waals surface area contributed by atoms with Crippen molar-refractivity contribution in [3.63, 3.8) is 0 Å². The van der Waals surface area contributed by atoms with Gasteiger partial charge in [0, 0.05) is 27.8 Å². The van der Waals surface area contributed by atoms with E-state index in [1.807, 2.05) is 29.6 Å². The Morgan fingerprint density at radius 2 is 1.96 bits per heavy atom. The fraction of sp³-hybridized carbons (Fsp3) is 0.0500. The summed E-state index contributed by atoms with van der Waals surface area (Å²) in [5, 5.41) is 2.92. The van der Waals surface area contributed by atoms with E-state index < -0.39 is 0 Å². The highest BCUT2D eigenvalue weighted by Crippen LogP contribution is 2.37. The zero-order valence-electron chi connectivity index (χ0n) is 13.5. The fourth-order valence-corrected chi connectivity index (χ4v) is 3.54. The van der Waals surface area contributed by atoms with E-state index in [1.54, 1.807) is 36.8 Å². The summed E-state index contributed by atoms with van der Waals surface area (Å²) in [7, 11) is 1.61. The molecule has 0 fully saturated rings. The normalized spacial score (nSPS) is 10.8. The topological polar surface area (TPSA) is 52.1 Å². The summed E-state index contributed by atoms with van der Waals surface area (Å²) in [5.41, 5.74) is 4.33. The van der Waals surface area contributed by atoms with Crippen molar-refractivity contribution in [2.75, 3.05) is 7.11 Å². The molecule has 4 nitrogen and oxygen atoms in total. The maximum absolute atomic E-state index is 10.9. The van der Waals surface area contributed by atoms with E-state index in [9.17, 15) is 4.79 Å². The molecular formula is C20H14N2O2S. The number of methoxy groups -OCH3 is 1. The van der Waals surface area contributed by atoms with Crippen molar-refractivity contribution in [3.8, 4) is 27.6 Å². The minimum absolute atomic E-state index is 0.561. The van der Waals surface area contributed by atoms with Gasteiger partial charge >= 0.3 is 0 Å². The SMILES string of the molecule is COc1nccc2nc(-c3ccc(C=O)cc3)c(-c3cccs3)cc12. The highest BCUT2D eigenvalue weighted by atomic mass is 32.1. The zero-order valence-corrected chi connectivity index (χ0v) is 14.3. The number of hydrogen-bond donors (Lipinski definition) is 0. The summed E-state index contributed by atoms with van der Waals surface area (Å²) >= 11 is 1.66. The van der Waals surface area contributed by atoms with Crippen LogP contribution in [-0.4, -0.2) is 23.4 Å². The Labute approximate surface area is 148 Å². The molecule has 3 heterocycles. The Bertz CT molecular complexity index is 1040. The fourth-order valence-electron chi connectivity index (χ4n) is 2.79. The molecule has 0 saturated heterocycles. The van der Waals surface area contributed by atoms with Gasteiger partial charge in [-0.05, 0) is 23.6 Å². The van der Waals surface area contributed by atoms with Gasteiger partial charge in [0.25, 0.3) is 0 Å². The van der Waals surface area contributed by atoms with Crippen LogP contribution in [0.4, 0.5) is 0 Å². The molecule has 4 aromatic rings. The summed E-state index contributed by atoms with van der Waals surface area (Å²) in [6, 6.07) is 15.5. The van der Waals surface area contributed by atoms with Gasteiger partial charge in [0.2, 0.25) is 5.88 Å². The number of carbonyl (C=O) groups excluding carboxylic acids is 1. The molecule has 1 aromatic carbocycles. The van der Waals surface area contributed by atoms with Crippen molar-refractivity contribution in [3.05, 3.63) is 65.7 Å². The molecule has 0 unspecified atom stereocenters. The summed E-state index contributed by atoms with van der Waals surface area (Å²) < 4.78 is 5.39. The molecule has 0 aliphatic heterocycles. The molecule has 0 atom stereocenters. The number of aldehydes is 1. The summed E-state index contributed by atoms with van der Waals surface area (Å²) in [6.07, 6.45) is 2.53. The lowest BCUT2D eigenvalue weighted by Gasteiger charge is -2.11. The molecule has 25 heavy (non-hydrogen) atoms. The summed E-state index contributed by atoms with van der Waals surface area (Å²) in [5.74, 6) is 0.561. The van der Waals surface area contributed by atoms with Gasteiger partial charge in [-0.15, -0.1) is 11.3 Å². The predicted octanol–water partition coefficient (Wildman–Crippen LogP) is 4.85. The van der Waals surface area contributed by atoms with E-state index in [0.29, 0.717) is 11.4 Å². The lowest BCUT2D eigenvalue weighted by Crippen LogP contribution is -1.94. The number of carbonyl (C=O) groups is 1. The minimum atomic E-state index is 0.561. The lowest BCUT2D eigenvalue weighted by atomic mass is 10.0. The Morgan fingerprint density at radius 1 is 1.12 bits per heavy atom. The van der Waals surface area contributed by atoms with Crippen LogP contribution in [0.15, 0.2) is 60.1 Å². The molecule has 122 valence electrons. The van der Waals surface area contributed by atoms with Crippen LogP contribution in [0.25, 0.3) is 32.6 Å². The van der Waals surface area contributed by atoms with Gasteiger partial charge in [-0.3, -0.25) is 4.79 Å². The van der Waals surface area contributed by atoms with E-state index in [0.717, 1.165) is 38.9 Å². The Hall–Kier alpha value is -3.05. The first-order valence-corrected chi connectivity index (χ1v) is 8.61. The number of hydrogen-bond acceptors (Lipinski definition) is 5. The average Bonchev–Trinajstić information content (AvgIpc) is 3.21. The number of ether oxygens (including phenoxy) is 1. The Kier molecular flexibility index (Phi) is 3.99. The van der Waals surface area contributed by atoms with Gasteiger partial charge in [0.1, 0.15) is 6.29 Å². The molecule has 5 heteroatoms. The van der Waals surface area contributed by atoms with Crippen molar-refractivity contribution < 1.29 is 9.53 Å². The molecule has 3 aromatic heterocycles. The van der Waals surface area contributed by atoms with Gasteiger partial charge in [0.15, 0.2) is 0 Å². The van der Waals surface area contributed by atoms with Gasteiger partial charge in [-0.1, -0.05) is 30.3 Å². The van der Waals surface area contributed by atoms with Crippen LogP contribution in [-0.2, 0) is 0 Å². The molecule has 0 saturated carbocycles. The van der Waals surface area contributed by atoms with Crippen molar-refractivity contribution in [2.45, 2.75) is 0 Å². The molecule has 0 radical (unpaired) electrons.